The fourth-order valence-corrected chi connectivity index (χ4v) is 2.27. The molecule has 0 aliphatic carbocycles. The van der Waals surface area contributed by atoms with Crippen LogP contribution < -0.4 is 5.32 Å². The highest BCUT2D eigenvalue weighted by Gasteiger charge is 2.31. The predicted molar refractivity (Wildman–Crippen MR) is 80.9 cm³/mol. The molecule has 0 saturated heterocycles. The van der Waals surface area contributed by atoms with Crippen molar-refractivity contribution in [1.29, 1.82) is 0 Å². The number of pyridine rings is 2. The quantitative estimate of drug-likeness (QED) is 0.769. The van der Waals surface area contributed by atoms with Gasteiger partial charge in [-0.3, -0.25) is 10.1 Å². The molecule has 8 heteroatoms. The maximum absolute atomic E-state index is 12.9. The summed E-state index contributed by atoms with van der Waals surface area (Å²) in [6, 6.07) is 3.75. The minimum atomic E-state index is -4.43. The molecule has 0 saturated carbocycles. The monoisotopic (exact) mass is 321 g/mol. The number of anilines is 1. The molecule has 0 aromatic carbocycles. The van der Waals surface area contributed by atoms with E-state index in [4.69, 9.17) is 0 Å². The zero-order valence-electron chi connectivity index (χ0n) is 12.4. The molecule has 120 valence electrons. The Morgan fingerprint density at radius 1 is 1.13 bits per heavy atom. The van der Waals surface area contributed by atoms with Gasteiger partial charge in [0.2, 0.25) is 0 Å². The first-order valence-corrected chi connectivity index (χ1v) is 6.99. The molecule has 3 aromatic rings. The first-order valence-electron chi connectivity index (χ1n) is 6.99. The minimum Gasteiger partial charge on any atom is -0.367 e. The van der Waals surface area contributed by atoms with Gasteiger partial charge in [-0.05, 0) is 32.0 Å². The van der Waals surface area contributed by atoms with Crippen LogP contribution in [-0.4, -0.2) is 26.2 Å². The molecule has 0 fully saturated rings. The van der Waals surface area contributed by atoms with Crippen LogP contribution in [0.1, 0.15) is 19.4 Å². The fraction of sp³-hybridized carbons (Fsp3) is 0.267. The van der Waals surface area contributed by atoms with E-state index in [1.807, 2.05) is 13.8 Å². The van der Waals surface area contributed by atoms with Gasteiger partial charge in [0.1, 0.15) is 11.5 Å². The summed E-state index contributed by atoms with van der Waals surface area (Å²) in [6.07, 6.45) is -1.69. The van der Waals surface area contributed by atoms with Crippen molar-refractivity contribution in [2.45, 2.75) is 26.1 Å². The van der Waals surface area contributed by atoms with Crippen LogP contribution in [0, 0.1) is 0 Å². The zero-order valence-corrected chi connectivity index (χ0v) is 12.4. The average Bonchev–Trinajstić information content (AvgIpc) is 2.91. The maximum Gasteiger partial charge on any atom is 0.416 e. The van der Waals surface area contributed by atoms with E-state index in [1.165, 1.54) is 0 Å². The Balaban J connectivity index is 2.17. The average molecular weight is 321 g/mol. The second-order valence-corrected chi connectivity index (χ2v) is 5.38. The third-order valence-corrected chi connectivity index (χ3v) is 3.23. The van der Waals surface area contributed by atoms with E-state index >= 15 is 0 Å². The molecule has 0 amide bonds. The summed E-state index contributed by atoms with van der Waals surface area (Å²) in [7, 11) is 0. The van der Waals surface area contributed by atoms with Crippen molar-refractivity contribution < 1.29 is 13.2 Å². The summed E-state index contributed by atoms with van der Waals surface area (Å²) in [5, 5.41) is 10.7. The molecule has 23 heavy (non-hydrogen) atoms. The number of hydrogen-bond donors (Lipinski definition) is 2. The number of rotatable bonds is 3. The lowest BCUT2D eigenvalue weighted by molar-refractivity contribution is -0.137. The van der Waals surface area contributed by atoms with Gasteiger partial charge < -0.3 is 5.32 Å². The van der Waals surface area contributed by atoms with Crippen LogP contribution in [0.25, 0.3) is 22.3 Å². The van der Waals surface area contributed by atoms with Crippen LogP contribution in [0.3, 0.4) is 0 Å². The van der Waals surface area contributed by atoms with Gasteiger partial charge in [0.05, 0.1) is 22.2 Å². The topological polar surface area (TPSA) is 66.5 Å². The van der Waals surface area contributed by atoms with E-state index in [2.05, 4.69) is 25.5 Å². The summed E-state index contributed by atoms with van der Waals surface area (Å²) < 4.78 is 38.7. The Bertz CT molecular complexity index is 838. The smallest absolute Gasteiger partial charge is 0.367 e. The van der Waals surface area contributed by atoms with Gasteiger partial charge in [0, 0.05) is 18.4 Å². The lowest BCUT2D eigenvalue weighted by Crippen LogP contribution is -2.11. The molecule has 3 heterocycles. The number of halogens is 3. The summed E-state index contributed by atoms with van der Waals surface area (Å²) in [5.41, 5.74) is 0.395. The number of fused-ring (bicyclic) bond motifs is 1. The number of nitrogens with one attached hydrogen (secondary N) is 2. The minimum absolute atomic E-state index is 0.116. The SMILES string of the molecule is CC(C)Nc1nccc2[nH]nc(-c3cc(C(F)(F)F)ccn3)c12. The molecule has 0 unspecified atom stereocenters. The highest BCUT2D eigenvalue weighted by Crippen LogP contribution is 2.34. The van der Waals surface area contributed by atoms with E-state index in [9.17, 15) is 13.2 Å². The van der Waals surface area contributed by atoms with Crippen molar-refractivity contribution in [3.8, 4) is 11.4 Å². The molecule has 0 atom stereocenters. The van der Waals surface area contributed by atoms with Crippen molar-refractivity contribution in [2.24, 2.45) is 0 Å². The molecule has 0 aliphatic heterocycles. The van der Waals surface area contributed by atoms with Crippen LogP contribution in [0.5, 0.6) is 0 Å². The standard InChI is InChI=1S/C15H14F3N5/c1-8(2)21-14-12-10(4-6-20-14)22-23-13(12)11-7-9(3-5-19-11)15(16,17)18/h3-8H,1-2H3,(H,20,21)(H,22,23). The summed E-state index contributed by atoms with van der Waals surface area (Å²) in [5.74, 6) is 0.556. The first-order chi connectivity index (χ1) is 10.9. The fourth-order valence-electron chi connectivity index (χ4n) is 2.27. The summed E-state index contributed by atoms with van der Waals surface area (Å²) in [4.78, 5) is 8.28. The predicted octanol–water partition coefficient (Wildman–Crippen LogP) is 3.86. The van der Waals surface area contributed by atoms with Gasteiger partial charge in [-0.25, -0.2) is 4.98 Å². The van der Waals surface area contributed by atoms with E-state index in [-0.39, 0.29) is 11.7 Å². The highest BCUT2D eigenvalue weighted by atomic mass is 19.4. The van der Waals surface area contributed by atoms with Gasteiger partial charge >= 0.3 is 6.18 Å². The number of aromatic nitrogens is 4. The number of H-pyrrole nitrogens is 1. The van der Waals surface area contributed by atoms with Crippen LogP contribution in [0.4, 0.5) is 19.0 Å². The van der Waals surface area contributed by atoms with Crippen molar-refractivity contribution in [3.05, 3.63) is 36.2 Å². The number of hydrogen-bond acceptors (Lipinski definition) is 4. The molecule has 3 aromatic heterocycles. The van der Waals surface area contributed by atoms with Gasteiger partial charge in [0.15, 0.2) is 0 Å². The molecular formula is C15H14F3N5. The van der Waals surface area contributed by atoms with Gasteiger partial charge in [0.25, 0.3) is 0 Å². The Morgan fingerprint density at radius 3 is 2.57 bits per heavy atom. The third-order valence-electron chi connectivity index (χ3n) is 3.23. The van der Waals surface area contributed by atoms with Crippen molar-refractivity contribution >= 4 is 16.7 Å². The number of alkyl halides is 3. The number of aromatic amines is 1. The molecule has 3 rings (SSSR count). The summed E-state index contributed by atoms with van der Waals surface area (Å²) >= 11 is 0. The van der Waals surface area contributed by atoms with Crippen LogP contribution in [0.15, 0.2) is 30.6 Å². The molecule has 0 spiro atoms. The normalized spacial score (nSPS) is 12.1. The van der Waals surface area contributed by atoms with E-state index in [0.29, 0.717) is 22.4 Å². The van der Waals surface area contributed by atoms with E-state index in [0.717, 1.165) is 18.3 Å². The third kappa shape index (κ3) is 2.96. The maximum atomic E-state index is 12.9. The van der Waals surface area contributed by atoms with Crippen LogP contribution >= 0.6 is 0 Å². The van der Waals surface area contributed by atoms with Crippen molar-refractivity contribution in [3.63, 3.8) is 0 Å². The number of nitrogens with zero attached hydrogens (tertiary/aromatic N) is 3. The van der Waals surface area contributed by atoms with Crippen molar-refractivity contribution in [2.75, 3.05) is 5.32 Å². The zero-order chi connectivity index (χ0) is 16.6. The largest absolute Gasteiger partial charge is 0.416 e. The van der Waals surface area contributed by atoms with Crippen molar-refractivity contribution in [1.82, 2.24) is 20.2 Å². The molecule has 5 nitrogen and oxygen atoms in total. The molecule has 0 radical (unpaired) electrons. The lowest BCUT2D eigenvalue weighted by atomic mass is 10.1. The molecule has 2 N–H and O–H groups in total. The summed E-state index contributed by atoms with van der Waals surface area (Å²) in [6.45, 7) is 3.89. The Kier molecular flexibility index (Phi) is 3.67. The Labute approximate surface area is 130 Å². The first kappa shape index (κ1) is 15.3. The lowest BCUT2D eigenvalue weighted by Gasteiger charge is -2.11. The Hall–Kier alpha value is -2.64. The van der Waals surface area contributed by atoms with Gasteiger partial charge in [-0.1, -0.05) is 0 Å². The highest BCUT2D eigenvalue weighted by molar-refractivity contribution is 5.99. The van der Waals surface area contributed by atoms with Gasteiger partial charge in [-0.15, -0.1) is 0 Å². The van der Waals surface area contributed by atoms with E-state index < -0.39 is 11.7 Å². The molecular weight excluding hydrogens is 307 g/mol. The van der Waals surface area contributed by atoms with E-state index in [1.54, 1.807) is 12.3 Å². The second-order valence-electron chi connectivity index (χ2n) is 5.38. The van der Waals surface area contributed by atoms with Gasteiger partial charge in [-0.2, -0.15) is 18.3 Å². The molecule has 0 bridgehead atoms. The van der Waals surface area contributed by atoms with Crippen LogP contribution in [0.2, 0.25) is 0 Å². The molecule has 0 aliphatic rings. The second kappa shape index (κ2) is 5.53. The Morgan fingerprint density at radius 2 is 1.87 bits per heavy atom. The van der Waals surface area contributed by atoms with Crippen LogP contribution in [-0.2, 0) is 6.18 Å².